The molecule has 8 heteroatoms. The van der Waals surface area contributed by atoms with E-state index in [4.69, 9.17) is 38.7 Å². The lowest BCUT2D eigenvalue weighted by molar-refractivity contribution is -0.119. The fraction of sp³-hybridized carbons (Fsp3) is 0.278. The Bertz CT molecular complexity index is 1740. The smallest absolute Gasteiger partial charge is 0.255 e. The van der Waals surface area contributed by atoms with Gasteiger partial charge in [-0.05, 0) is 90.9 Å². The summed E-state index contributed by atoms with van der Waals surface area (Å²) in [6, 6.07) is 31.3. The first-order valence-electron chi connectivity index (χ1n) is 15.2. The minimum Gasteiger partial charge on any atom is -0.484 e. The Morgan fingerprint density at radius 1 is 0.841 bits per heavy atom. The Morgan fingerprint density at radius 3 is 2.09 bits per heavy atom. The third-order valence-corrected chi connectivity index (χ3v) is 9.32. The Hall–Kier alpha value is -4.00. The number of aromatic nitrogens is 2. The molecule has 2 N–H and O–H groups in total. The molecule has 0 unspecified atom stereocenters. The van der Waals surface area contributed by atoms with Crippen LogP contribution < -0.4 is 15.4 Å². The number of carbonyl (C=O) groups excluding carboxylic acids is 1. The summed E-state index contributed by atoms with van der Waals surface area (Å²) in [4.78, 5) is 18.8. The van der Waals surface area contributed by atoms with Gasteiger partial charge in [0.2, 0.25) is 0 Å². The predicted octanol–water partition coefficient (Wildman–Crippen LogP) is 8.11. The zero-order chi connectivity index (χ0) is 30.2. The molecule has 6 nitrogen and oxygen atoms in total. The van der Waals surface area contributed by atoms with Crippen molar-refractivity contribution in [1.82, 2.24) is 9.55 Å². The van der Waals surface area contributed by atoms with Crippen molar-refractivity contribution in [3.8, 4) is 5.75 Å². The van der Waals surface area contributed by atoms with Crippen LogP contribution in [-0.4, -0.2) is 35.2 Å². The molecule has 1 aliphatic carbocycles. The first kappa shape index (κ1) is 28.8. The molecule has 0 bridgehead atoms. The largest absolute Gasteiger partial charge is 0.484 e. The molecule has 2 fully saturated rings. The number of nitrogens with two attached hydrogens (primary N) is 1. The highest BCUT2D eigenvalue weighted by Gasteiger charge is 2.33. The molecule has 1 aromatic heterocycles. The molecule has 4 aromatic carbocycles. The number of hydrogen-bond donors (Lipinski definition) is 1. The van der Waals surface area contributed by atoms with Gasteiger partial charge in [0, 0.05) is 52.8 Å². The molecular weight excluding hydrogens is 591 g/mol. The van der Waals surface area contributed by atoms with Gasteiger partial charge in [-0.3, -0.25) is 4.79 Å². The number of carbonyl (C=O) groups is 1. The van der Waals surface area contributed by atoms with Crippen LogP contribution in [0.3, 0.4) is 0 Å². The summed E-state index contributed by atoms with van der Waals surface area (Å²) in [5, 5.41) is 1.45. The Kier molecular flexibility index (Phi) is 7.96. The van der Waals surface area contributed by atoms with Crippen molar-refractivity contribution in [2.45, 2.75) is 43.6 Å². The van der Waals surface area contributed by atoms with Gasteiger partial charge in [0.25, 0.3) is 5.91 Å². The third-order valence-electron chi connectivity index (χ3n) is 8.82. The number of fused-ring (bicyclic) bond motifs is 1. The fourth-order valence-corrected chi connectivity index (χ4v) is 6.77. The van der Waals surface area contributed by atoms with Crippen LogP contribution in [0.2, 0.25) is 10.0 Å². The molecular formula is C36H34Cl2N4O2. The summed E-state index contributed by atoms with van der Waals surface area (Å²) in [5.41, 5.74) is 12.2. The second-order valence-electron chi connectivity index (χ2n) is 11.9. The number of amides is 1. The van der Waals surface area contributed by atoms with E-state index in [1.807, 2.05) is 42.5 Å². The molecule has 1 saturated heterocycles. The Labute approximate surface area is 267 Å². The quantitative estimate of drug-likeness (QED) is 0.168. The first-order chi connectivity index (χ1) is 21.4. The van der Waals surface area contributed by atoms with Crippen LogP contribution in [0.15, 0.2) is 91.0 Å². The minimum absolute atomic E-state index is 0.0348. The van der Waals surface area contributed by atoms with E-state index in [0.717, 1.165) is 47.2 Å². The van der Waals surface area contributed by atoms with E-state index in [9.17, 15) is 4.79 Å². The molecule has 1 amide bonds. The molecule has 2 heterocycles. The third kappa shape index (κ3) is 6.01. The van der Waals surface area contributed by atoms with Crippen LogP contribution in [-0.2, 0) is 4.79 Å². The normalized spacial score (nSPS) is 15.7. The van der Waals surface area contributed by atoms with E-state index < -0.39 is 5.91 Å². The number of ether oxygens (including phenoxy) is 1. The van der Waals surface area contributed by atoms with Gasteiger partial charge in [-0.2, -0.15) is 0 Å². The summed E-state index contributed by atoms with van der Waals surface area (Å²) in [6.45, 7) is 1.72. The van der Waals surface area contributed by atoms with Gasteiger partial charge < -0.3 is 19.9 Å². The summed E-state index contributed by atoms with van der Waals surface area (Å²) in [7, 11) is 0. The Morgan fingerprint density at radius 2 is 1.48 bits per heavy atom. The summed E-state index contributed by atoms with van der Waals surface area (Å²) in [5.74, 6) is 1.97. The summed E-state index contributed by atoms with van der Waals surface area (Å²) in [6.07, 6.45) is 4.43. The topological polar surface area (TPSA) is 73.4 Å². The second kappa shape index (κ2) is 12.2. The molecule has 0 spiro atoms. The average molecular weight is 626 g/mol. The van der Waals surface area contributed by atoms with Crippen molar-refractivity contribution in [2.75, 3.05) is 24.6 Å². The molecule has 2 aliphatic rings. The fourth-order valence-electron chi connectivity index (χ4n) is 6.52. The second-order valence-corrected chi connectivity index (χ2v) is 12.7. The minimum atomic E-state index is -0.481. The van der Waals surface area contributed by atoms with Crippen LogP contribution in [0, 0.1) is 0 Å². The van der Waals surface area contributed by atoms with Gasteiger partial charge in [-0.1, -0.05) is 59.6 Å². The number of piperidine rings is 1. The van der Waals surface area contributed by atoms with E-state index >= 15 is 0 Å². The van der Waals surface area contributed by atoms with E-state index in [2.05, 4.69) is 58.0 Å². The number of rotatable bonds is 9. The Balaban J connectivity index is 1.21. The van der Waals surface area contributed by atoms with Gasteiger partial charge in [0.15, 0.2) is 6.61 Å². The molecule has 5 aromatic rings. The van der Waals surface area contributed by atoms with Gasteiger partial charge in [0.05, 0.1) is 11.0 Å². The van der Waals surface area contributed by atoms with Crippen LogP contribution in [0.1, 0.15) is 66.1 Å². The van der Waals surface area contributed by atoms with Crippen molar-refractivity contribution in [3.05, 3.63) is 124 Å². The van der Waals surface area contributed by atoms with E-state index in [1.165, 1.54) is 40.9 Å². The lowest BCUT2D eigenvalue weighted by Gasteiger charge is -2.35. The van der Waals surface area contributed by atoms with Crippen molar-refractivity contribution in [3.63, 3.8) is 0 Å². The molecule has 44 heavy (non-hydrogen) atoms. The van der Waals surface area contributed by atoms with Crippen LogP contribution >= 0.6 is 23.2 Å². The molecule has 0 radical (unpaired) electrons. The highest BCUT2D eigenvalue weighted by molar-refractivity contribution is 6.30. The number of benzene rings is 4. The van der Waals surface area contributed by atoms with Crippen LogP contribution in [0.5, 0.6) is 5.75 Å². The molecule has 224 valence electrons. The average Bonchev–Trinajstić information content (AvgIpc) is 3.82. The van der Waals surface area contributed by atoms with Gasteiger partial charge in [-0.25, -0.2) is 4.98 Å². The first-order valence-corrected chi connectivity index (χ1v) is 16.0. The van der Waals surface area contributed by atoms with Crippen molar-refractivity contribution >= 4 is 45.8 Å². The van der Waals surface area contributed by atoms with Gasteiger partial charge in [-0.15, -0.1) is 0 Å². The van der Waals surface area contributed by atoms with Crippen LogP contribution in [0.25, 0.3) is 11.0 Å². The molecule has 1 saturated carbocycles. The van der Waals surface area contributed by atoms with Gasteiger partial charge >= 0.3 is 0 Å². The maximum atomic E-state index is 11.2. The number of imidazole rings is 1. The van der Waals surface area contributed by atoms with Gasteiger partial charge in [0.1, 0.15) is 11.6 Å². The van der Waals surface area contributed by atoms with Crippen LogP contribution in [0.4, 0.5) is 5.69 Å². The maximum absolute atomic E-state index is 11.2. The summed E-state index contributed by atoms with van der Waals surface area (Å²) < 4.78 is 8.11. The highest BCUT2D eigenvalue weighted by Crippen LogP contribution is 2.44. The number of primary amides is 1. The monoisotopic (exact) mass is 624 g/mol. The van der Waals surface area contributed by atoms with Crippen molar-refractivity contribution in [1.29, 1.82) is 0 Å². The van der Waals surface area contributed by atoms with E-state index in [0.29, 0.717) is 17.7 Å². The molecule has 1 aliphatic heterocycles. The number of hydrogen-bond acceptors (Lipinski definition) is 4. The molecule has 7 rings (SSSR count). The van der Waals surface area contributed by atoms with E-state index in [-0.39, 0.29) is 12.5 Å². The standard InChI is InChI=1S/C36H34Cl2N4O2/c37-27-11-6-23(7-12-27)35(24-8-13-28(38)14-9-24)26-10-15-32-33(20-26)42(36(40-32)25-4-5-25)29-16-18-41(19-17-29)30-2-1-3-31(21-30)44-22-34(39)43/h1-3,6-15,20-21,25,29,35H,4-5,16-19,22H2,(H2,39,43). The van der Waals surface area contributed by atoms with E-state index in [1.54, 1.807) is 0 Å². The lowest BCUT2D eigenvalue weighted by atomic mass is 9.85. The number of halogens is 2. The lowest BCUT2D eigenvalue weighted by Crippen LogP contribution is -2.35. The number of anilines is 1. The van der Waals surface area contributed by atoms with Crippen molar-refractivity contribution in [2.24, 2.45) is 5.73 Å². The zero-order valence-electron chi connectivity index (χ0n) is 24.3. The number of nitrogens with zero attached hydrogens (tertiary/aromatic N) is 3. The zero-order valence-corrected chi connectivity index (χ0v) is 25.8. The molecule has 0 atom stereocenters. The highest BCUT2D eigenvalue weighted by atomic mass is 35.5. The maximum Gasteiger partial charge on any atom is 0.255 e. The summed E-state index contributed by atoms with van der Waals surface area (Å²) >= 11 is 12.6. The van der Waals surface area contributed by atoms with Crippen molar-refractivity contribution < 1.29 is 9.53 Å². The predicted molar refractivity (Wildman–Crippen MR) is 177 cm³/mol. The SMILES string of the molecule is NC(=O)COc1cccc(N2CCC(n3c(C4CC4)nc4ccc(C(c5ccc(Cl)cc5)c5ccc(Cl)cc5)cc43)CC2)c1.